The molecule has 0 aromatic rings. The van der Waals surface area contributed by atoms with Crippen molar-refractivity contribution in [2.45, 2.75) is 58.3 Å². The van der Waals surface area contributed by atoms with Crippen LogP contribution in [0.5, 0.6) is 0 Å². The molecule has 0 heterocycles. The van der Waals surface area contributed by atoms with Gasteiger partial charge in [-0.15, -0.1) is 0 Å². The third kappa shape index (κ3) is 11.3. The maximum absolute atomic E-state index is 5.32. The van der Waals surface area contributed by atoms with E-state index in [9.17, 15) is 0 Å². The monoisotopic (exact) mass is 236 g/mol. The second-order valence-electron chi connectivity index (χ2n) is 4.33. The second kappa shape index (κ2) is 13.1. The molecule has 0 bridgehead atoms. The summed E-state index contributed by atoms with van der Waals surface area (Å²) >= 11 is 0. The minimum Gasteiger partial charge on any atom is -0.501 e. The summed E-state index contributed by atoms with van der Waals surface area (Å²) < 4.78 is 5.32. The summed E-state index contributed by atoms with van der Waals surface area (Å²) in [7, 11) is 1.74. The summed E-state index contributed by atoms with van der Waals surface area (Å²) in [5.41, 5.74) is 0. The van der Waals surface area contributed by atoms with Crippen molar-refractivity contribution in [3.63, 3.8) is 0 Å². The minimum atomic E-state index is 1.05. The van der Waals surface area contributed by atoms with Crippen LogP contribution in [0, 0.1) is 0 Å². The van der Waals surface area contributed by atoms with Crippen LogP contribution in [0.3, 0.4) is 0 Å². The lowest BCUT2D eigenvalue weighted by Crippen LogP contribution is -1.87. The molecule has 17 heavy (non-hydrogen) atoms. The summed E-state index contributed by atoms with van der Waals surface area (Å²) in [6.07, 6.45) is 18.1. The first-order valence-electron chi connectivity index (χ1n) is 6.87. The number of ether oxygens (including phenoxy) is 1. The molecule has 0 aliphatic carbocycles. The molecule has 0 unspecified atom stereocenters. The maximum Gasteiger partial charge on any atom is 0.0955 e. The maximum atomic E-state index is 5.32. The lowest BCUT2D eigenvalue weighted by atomic mass is 10.1. The highest BCUT2D eigenvalue weighted by Crippen LogP contribution is 2.12. The number of allylic oxidation sites excluding steroid dienone is 5. The van der Waals surface area contributed by atoms with Crippen molar-refractivity contribution in [1.29, 1.82) is 0 Å². The minimum absolute atomic E-state index is 1.05. The molecule has 0 rings (SSSR count). The van der Waals surface area contributed by atoms with E-state index in [1.807, 2.05) is 18.2 Å². The van der Waals surface area contributed by atoms with Gasteiger partial charge in [-0.05, 0) is 12.5 Å². The van der Waals surface area contributed by atoms with Crippen LogP contribution in [-0.2, 0) is 4.74 Å². The van der Waals surface area contributed by atoms with Gasteiger partial charge >= 0.3 is 0 Å². The molecule has 0 N–H and O–H groups in total. The Morgan fingerprint density at radius 1 is 1.00 bits per heavy atom. The Balaban J connectivity index is 3.53. The Bertz CT molecular complexity index is 226. The highest BCUT2D eigenvalue weighted by molar-refractivity contribution is 5.12. The van der Waals surface area contributed by atoms with E-state index in [1.54, 1.807) is 13.2 Å². The summed E-state index contributed by atoms with van der Waals surface area (Å²) in [6.45, 7) is 5.89. The van der Waals surface area contributed by atoms with Gasteiger partial charge in [0.05, 0.1) is 12.9 Å². The summed E-state index contributed by atoms with van der Waals surface area (Å²) in [4.78, 5) is 0. The van der Waals surface area contributed by atoms with Gasteiger partial charge in [-0.2, -0.15) is 0 Å². The van der Waals surface area contributed by atoms with Gasteiger partial charge in [0.2, 0.25) is 0 Å². The SMILES string of the molecule is C=C/C=C/C=C(/CCCCCCCCC)OC. The third-order valence-electron chi connectivity index (χ3n) is 2.82. The Hall–Kier alpha value is -0.980. The molecule has 1 heteroatoms. The fourth-order valence-corrected chi connectivity index (χ4v) is 1.75. The van der Waals surface area contributed by atoms with Gasteiger partial charge in [0, 0.05) is 6.42 Å². The molecule has 0 spiro atoms. The molecule has 98 valence electrons. The van der Waals surface area contributed by atoms with Crippen molar-refractivity contribution < 1.29 is 4.74 Å². The third-order valence-corrected chi connectivity index (χ3v) is 2.82. The van der Waals surface area contributed by atoms with Crippen molar-refractivity contribution >= 4 is 0 Å². The molecule has 1 nitrogen and oxygen atoms in total. The molecular formula is C16H28O. The first-order chi connectivity index (χ1) is 8.35. The summed E-state index contributed by atoms with van der Waals surface area (Å²) in [5, 5.41) is 0. The molecule has 0 saturated heterocycles. The molecule has 0 radical (unpaired) electrons. The number of methoxy groups -OCH3 is 1. The van der Waals surface area contributed by atoms with Crippen LogP contribution in [-0.4, -0.2) is 7.11 Å². The molecule has 0 aliphatic heterocycles. The van der Waals surface area contributed by atoms with Crippen LogP contribution < -0.4 is 0 Å². The smallest absolute Gasteiger partial charge is 0.0955 e. The topological polar surface area (TPSA) is 9.23 Å². The quantitative estimate of drug-likeness (QED) is 0.265. The molecular weight excluding hydrogens is 208 g/mol. The van der Waals surface area contributed by atoms with E-state index in [4.69, 9.17) is 4.74 Å². The first-order valence-corrected chi connectivity index (χ1v) is 6.87. The van der Waals surface area contributed by atoms with E-state index >= 15 is 0 Å². The lowest BCUT2D eigenvalue weighted by Gasteiger charge is -2.05. The van der Waals surface area contributed by atoms with Gasteiger partial charge in [-0.25, -0.2) is 0 Å². The highest BCUT2D eigenvalue weighted by atomic mass is 16.5. The van der Waals surface area contributed by atoms with Crippen molar-refractivity contribution in [3.05, 3.63) is 36.6 Å². The van der Waals surface area contributed by atoms with Crippen LogP contribution in [0.15, 0.2) is 36.6 Å². The van der Waals surface area contributed by atoms with Crippen LogP contribution >= 0.6 is 0 Å². The van der Waals surface area contributed by atoms with E-state index in [0.29, 0.717) is 0 Å². The zero-order chi connectivity index (χ0) is 12.8. The molecule has 0 saturated carbocycles. The zero-order valence-corrected chi connectivity index (χ0v) is 11.6. The van der Waals surface area contributed by atoms with Gasteiger partial charge in [-0.3, -0.25) is 0 Å². The van der Waals surface area contributed by atoms with Crippen molar-refractivity contribution in [3.8, 4) is 0 Å². The number of hydrogen-bond donors (Lipinski definition) is 0. The van der Waals surface area contributed by atoms with Crippen LogP contribution in [0.1, 0.15) is 58.3 Å². The lowest BCUT2D eigenvalue weighted by molar-refractivity contribution is 0.274. The number of rotatable bonds is 11. The standard InChI is InChI=1S/C16H28O/c1-4-6-8-9-10-11-13-15-16(17-3)14-12-7-5-2/h5,7,12,14H,2,4,6,8-11,13,15H2,1,3H3/b12-7+,16-14-. The average molecular weight is 236 g/mol. The summed E-state index contributed by atoms with van der Waals surface area (Å²) in [5.74, 6) is 1.07. The molecule has 0 amide bonds. The van der Waals surface area contributed by atoms with Gasteiger partial charge in [0.15, 0.2) is 0 Å². The Morgan fingerprint density at radius 3 is 2.24 bits per heavy atom. The first kappa shape index (κ1) is 16.0. The van der Waals surface area contributed by atoms with Gasteiger partial charge in [0.25, 0.3) is 0 Å². The largest absolute Gasteiger partial charge is 0.501 e. The summed E-state index contributed by atoms with van der Waals surface area (Å²) in [6, 6.07) is 0. The molecule has 0 aliphatic rings. The Labute approximate surface area is 107 Å². The van der Waals surface area contributed by atoms with Crippen molar-refractivity contribution in [2.24, 2.45) is 0 Å². The second-order valence-corrected chi connectivity index (χ2v) is 4.33. The molecule has 0 atom stereocenters. The molecule has 0 fully saturated rings. The van der Waals surface area contributed by atoms with Crippen molar-refractivity contribution in [2.75, 3.05) is 7.11 Å². The highest BCUT2D eigenvalue weighted by Gasteiger charge is 1.95. The Morgan fingerprint density at radius 2 is 1.65 bits per heavy atom. The fourth-order valence-electron chi connectivity index (χ4n) is 1.75. The van der Waals surface area contributed by atoms with Crippen LogP contribution in [0.25, 0.3) is 0 Å². The molecule has 0 aromatic heterocycles. The van der Waals surface area contributed by atoms with Gasteiger partial charge < -0.3 is 4.74 Å². The van der Waals surface area contributed by atoms with Crippen LogP contribution in [0.4, 0.5) is 0 Å². The van der Waals surface area contributed by atoms with E-state index in [0.717, 1.165) is 12.2 Å². The Kier molecular flexibility index (Phi) is 12.3. The number of hydrogen-bond acceptors (Lipinski definition) is 1. The van der Waals surface area contributed by atoms with E-state index in [1.165, 1.54) is 44.9 Å². The molecule has 0 aromatic carbocycles. The zero-order valence-electron chi connectivity index (χ0n) is 11.6. The van der Waals surface area contributed by atoms with Crippen LogP contribution in [0.2, 0.25) is 0 Å². The fraction of sp³-hybridized carbons (Fsp3) is 0.625. The van der Waals surface area contributed by atoms with E-state index in [-0.39, 0.29) is 0 Å². The number of unbranched alkanes of at least 4 members (excludes halogenated alkanes) is 6. The van der Waals surface area contributed by atoms with Gasteiger partial charge in [0.1, 0.15) is 0 Å². The van der Waals surface area contributed by atoms with Crippen molar-refractivity contribution in [1.82, 2.24) is 0 Å². The normalized spacial score (nSPS) is 12.0. The van der Waals surface area contributed by atoms with E-state index < -0.39 is 0 Å². The predicted molar refractivity (Wildman–Crippen MR) is 77.0 cm³/mol. The predicted octanol–water partition coefficient (Wildman–Crippen LogP) is 5.40. The van der Waals surface area contributed by atoms with E-state index in [2.05, 4.69) is 13.5 Å². The average Bonchev–Trinajstić information content (AvgIpc) is 2.35. The van der Waals surface area contributed by atoms with Gasteiger partial charge in [-0.1, -0.05) is 70.3 Å².